The van der Waals surface area contributed by atoms with Gasteiger partial charge in [-0.2, -0.15) is 0 Å². The van der Waals surface area contributed by atoms with Gasteiger partial charge in [0.05, 0.1) is 17.8 Å². The molecule has 0 spiro atoms. The largest absolute Gasteiger partial charge is 0.393 e. The van der Waals surface area contributed by atoms with Crippen LogP contribution in [0.4, 0.5) is 0 Å². The number of fused-ring (bicyclic) bond motifs is 1. The highest BCUT2D eigenvalue weighted by molar-refractivity contribution is 4.94. The van der Waals surface area contributed by atoms with E-state index in [4.69, 9.17) is 4.74 Å². The van der Waals surface area contributed by atoms with E-state index in [-0.39, 0.29) is 11.7 Å². The van der Waals surface area contributed by atoms with Crippen molar-refractivity contribution in [1.29, 1.82) is 0 Å². The van der Waals surface area contributed by atoms with Crippen molar-refractivity contribution in [3.63, 3.8) is 0 Å². The van der Waals surface area contributed by atoms with Crippen molar-refractivity contribution in [3.8, 4) is 0 Å². The zero-order chi connectivity index (χ0) is 11.2. The summed E-state index contributed by atoms with van der Waals surface area (Å²) in [7, 11) is 0. The Labute approximate surface area is 93.0 Å². The second kappa shape index (κ2) is 3.74. The minimum absolute atomic E-state index is 0.0304. The minimum Gasteiger partial charge on any atom is -0.393 e. The predicted octanol–water partition coefficient (Wildman–Crippen LogP) is 2.60. The summed E-state index contributed by atoms with van der Waals surface area (Å²) in [4.78, 5) is 0. The van der Waals surface area contributed by atoms with E-state index < -0.39 is 0 Å². The van der Waals surface area contributed by atoms with Crippen LogP contribution in [0.5, 0.6) is 0 Å². The Kier molecular flexibility index (Phi) is 2.85. The van der Waals surface area contributed by atoms with E-state index in [2.05, 4.69) is 27.7 Å². The first-order valence-electron chi connectivity index (χ1n) is 6.25. The second-order valence-corrected chi connectivity index (χ2v) is 6.28. The van der Waals surface area contributed by atoms with Gasteiger partial charge in [-0.05, 0) is 50.9 Å². The van der Waals surface area contributed by atoms with Crippen molar-refractivity contribution in [2.24, 2.45) is 17.8 Å². The molecule has 1 N–H and O–H groups in total. The van der Waals surface area contributed by atoms with Gasteiger partial charge >= 0.3 is 0 Å². The number of rotatable bonds is 0. The normalized spacial score (nSPS) is 49.8. The fourth-order valence-corrected chi connectivity index (χ4v) is 3.48. The first-order chi connectivity index (χ1) is 6.89. The van der Waals surface area contributed by atoms with Gasteiger partial charge in [0.25, 0.3) is 0 Å². The van der Waals surface area contributed by atoms with Crippen molar-refractivity contribution >= 4 is 0 Å². The van der Waals surface area contributed by atoms with E-state index in [0.717, 1.165) is 19.3 Å². The Hall–Kier alpha value is -0.0800. The average Bonchev–Trinajstić information content (AvgIpc) is 2.07. The van der Waals surface area contributed by atoms with E-state index in [1.165, 1.54) is 0 Å². The van der Waals surface area contributed by atoms with E-state index in [9.17, 15) is 5.11 Å². The molecule has 15 heavy (non-hydrogen) atoms. The van der Waals surface area contributed by atoms with Gasteiger partial charge in [0.15, 0.2) is 0 Å². The Balaban J connectivity index is 2.11. The number of ether oxygens (including phenoxy) is 1. The fourth-order valence-electron chi connectivity index (χ4n) is 3.48. The molecule has 1 aliphatic heterocycles. The highest BCUT2D eigenvalue weighted by Gasteiger charge is 2.44. The van der Waals surface area contributed by atoms with Crippen LogP contribution in [0, 0.1) is 17.8 Å². The lowest BCUT2D eigenvalue weighted by molar-refractivity contribution is -0.186. The van der Waals surface area contributed by atoms with Gasteiger partial charge in [-0.1, -0.05) is 13.8 Å². The molecule has 1 saturated heterocycles. The van der Waals surface area contributed by atoms with Gasteiger partial charge in [-0.25, -0.2) is 0 Å². The molecule has 0 amide bonds. The Morgan fingerprint density at radius 1 is 1.13 bits per heavy atom. The van der Waals surface area contributed by atoms with Gasteiger partial charge in [-0.15, -0.1) is 0 Å². The highest BCUT2D eigenvalue weighted by Crippen LogP contribution is 2.44. The zero-order valence-corrected chi connectivity index (χ0v) is 10.4. The topological polar surface area (TPSA) is 29.5 Å². The summed E-state index contributed by atoms with van der Waals surface area (Å²) in [5, 5.41) is 9.91. The van der Waals surface area contributed by atoms with Crippen LogP contribution in [0.1, 0.15) is 47.0 Å². The molecule has 1 heterocycles. The minimum atomic E-state index is -0.112. The smallest absolute Gasteiger partial charge is 0.0633 e. The van der Waals surface area contributed by atoms with Crippen LogP contribution < -0.4 is 0 Å². The lowest BCUT2D eigenvalue weighted by Gasteiger charge is -2.49. The van der Waals surface area contributed by atoms with Crippen molar-refractivity contribution in [3.05, 3.63) is 0 Å². The van der Waals surface area contributed by atoms with Crippen molar-refractivity contribution in [1.82, 2.24) is 0 Å². The maximum absolute atomic E-state index is 9.91. The van der Waals surface area contributed by atoms with Crippen LogP contribution >= 0.6 is 0 Å². The third-order valence-corrected chi connectivity index (χ3v) is 4.27. The molecule has 1 aliphatic carbocycles. The summed E-state index contributed by atoms with van der Waals surface area (Å²) in [5.74, 6) is 1.65. The maximum atomic E-state index is 9.91. The highest BCUT2D eigenvalue weighted by atomic mass is 16.5. The molecule has 0 aromatic heterocycles. The number of hydrogen-bond donors (Lipinski definition) is 1. The second-order valence-electron chi connectivity index (χ2n) is 6.28. The number of hydrogen-bond acceptors (Lipinski definition) is 2. The molecule has 0 aromatic rings. The molecule has 88 valence electrons. The third-order valence-electron chi connectivity index (χ3n) is 4.27. The lowest BCUT2D eigenvalue weighted by atomic mass is 9.68. The summed E-state index contributed by atoms with van der Waals surface area (Å²) in [6.07, 6.45) is 3.35. The van der Waals surface area contributed by atoms with E-state index >= 15 is 0 Å². The third kappa shape index (κ3) is 2.21. The number of aliphatic hydroxyl groups is 1. The van der Waals surface area contributed by atoms with Crippen LogP contribution in [0.25, 0.3) is 0 Å². The first kappa shape index (κ1) is 11.4. The molecule has 0 bridgehead atoms. The van der Waals surface area contributed by atoms with Crippen molar-refractivity contribution in [2.75, 3.05) is 0 Å². The Bertz CT molecular complexity index is 237. The molecule has 2 aliphatic rings. The van der Waals surface area contributed by atoms with E-state index in [0.29, 0.717) is 23.9 Å². The van der Waals surface area contributed by atoms with Crippen LogP contribution in [0.15, 0.2) is 0 Å². The van der Waals surface area contributed by atoms with Gasteiger partial charge in [0.2, 0.25) is 0 Å². The SMILES string of the molecule is CC1CC2OC(C)(C)CC(C)C2CC1O. The maximum Gasteiger partial charge on any atom is 0.0633 e. The lowest BCUT2D eigenvalue weighted by Crippen LogP contribution is -2.50. The van der Waals surface area contributed by atoms with Crippen LogP contribution in [-0.4, -0.2) is 22.9 Å². The van der Waals surface area contributed by atoms with Gasteiger partial charge < -0.3 is 9.84 Å². The standard InChI is InChI=1S/C13H24O2/c1-8-5-12-10(6-11(8)14)9(2)7-13(3,4)15-12/h8-12,14H,5-7H2,1-4H3. The average molecular weight is 212 g/mol. The molecule has 1 saturated carbocycles. The molecular weight excluding hydrogens is 188 g/mol. The monoisotopic (exact) mass is 212 g/mol. The number of aliphatic hydroxyl groups excluding tert-OH is 1. The van der Waals surface area contributed by atoms with Crippen molar-refractivity contribution in [2.45, 2.75) is 64.8 Å². The molecule has 5 unspecified atom stereocenters. The van der Waals surface area contributed by atoms with E-state index in [1.807, 2.05) is 0 Å². The molecule has 0 radical (unpaired) electrons. The summed E-state index contributed by atoms with van der Waals surface area (Å²) in [6.45, 7) is 8.83. The molecule has 5 atom stereocenters. The molecule has 2 nitrogen and oxygen atoms in total. The summed E-state index contributed by atoms with van der Waals surface area (Å²) < 4.78 is 6.16. The van der Waals surface area contributed by atoms with Crippen molar-refractivity contribution < 1.29 is 9.84 Å². The van der Waals surface area contributed by atoms with Crippen LogP contribution in [-0.2, 0) is 4.74 Å². The predicted molar refractivity (Wildman–Crippen MR) is 60.6 cm³/mol. The molecule has 2 heteroatoms. The summed E-state index contributed by atoms with van der Waals surface area (Å²) >= 11 is 0. The first-order valence-corrected chi connectivity index (χ1v) is 6.25. The van der Waals surface area contributed by atoms with Gasteiger partial charge in [0, 0.05) is 0 Å². The Morgan fingerprint density at radius 2 is 1.80 bits per heavy atom. The van der Waals surface area contributed by atoms with Crippen LogP contribution in [0.3, 0.4) is 0 Å². The summed E-state index contributed by atoms with van der Waals surface area (Å²) in [6, 6.07) is 0. The molecule has 0 aromatic carbocycles. The molecule has 2 fully saturated rings. The quantitative estimate of drug-likeness (QED) is 0.669. The summed E-state index contributed by atoms with van der Waals surface area (Å²) in [5.41, 5.74) is 0.0304. The fraction of sp³-hybridized carbons (Fsp3) is 1.00. The van der Waals surface area contributed by atoms with Gasteiger partial charge in [-0.3, -0.25) is 0 Å². The zero-order valence-electron chi connectivity index (χ0n) is 10.4. The molecular formula is C13H24O2. The van der Waals surface area contributed by atoms with E-state index in [1.54, 1.807) is 0 Å². The van der Waals surface area contributed by atoms with Gasteiger partial charge in [0.1, 0.15) is 0 Å². The molecule has 2 rings (SSSR count). The van der Waals surface area contributed by atoms with Crippen LogP contribution in [0.2, 0.25) is 0 Å². The Morgan fingerprint density at radius 3 is 2.47 bits per heavy atom.